The van der Waals surface area contributed by atoms with E-state index in [1.54, 1.807) is 4.90 Å². The number of hydrogen-bond donors (Lipinski definition) is 1. The second-order valence-electron chi connectivity index (χ2n) is 4.79. The van der Waals surface area contributed by atoms with Crippen LogP contribution >= 0.6 is 0 Å². The van der Waals surface area contributed by atoms with Gasteiger partial charge in [0.05, 0.1) is 18.1 Å². The van der Waals surface area contributed by atoms with Crippen LogP contribution < -0.4 is 5.32 Å². The van der Waals surface area contributed by atoms with Crippen molar-refractivity contribution >= 4 is 29.4 Å². The molecule has 0 radical (unpaired) electrons. The summed E-state index contributed by atoms with van der Waals surface area (Å²) in [7, 11) is 0. The predicted molar refractivity (Wildman–Crippen MR) is 83.6 cm³/mol. The van der Waals surface area contributed by atoms with Crippen LogP contribution in [-0.4, -0.2) is 60.8 Å². The number of amides is 2. The zero-order valence-corrected chi connectivity index (χ0v) is 12.7. The fraction of sp³-hybridized carbons (Fsp3) is 0.357. The molecule has 1 aromatic rings. The van der Waals surface area contributed by atoms with Crippen molar-refractivity contribution in [2.24, 2.45) is 5.16 Å². The molecule has 1 aliphatic rings. The number of morpholine rings is 1. The Bertz CT molecular complexity index is 625. The Morgan fingerprint density at radius 2 is 2.00 bits per heavy atom. The van der Waals surface area contributed by atoms with Crippen molar-refractivity contribution in [3.05, 3.63) is 34.4 Å². The summed E-state index contributed by atoms with van der Waals surface area (Å²) in [6.45, 7) is 1.74. The molecule has 10 nitrogen and oxygen atoms in total. The van der Waals surface area contributed by atoms with E-state index in [0.717, 1.165) is 6.21 Å². The van der Waals surface area contributed by atoms with E-state index in [0.29, 0.717) is 32.0 Å². The highest BCUT2D eigenvalue weighted by molar-refractivity contribution is 6.31. The first-order valence-electron chi connectivity index (χ1n) is 7.12. The molecular formula is C14H16N4O6. The molecule has 0 unspecified atom stereocenters. The molecule has 2 rings (SSSR count). The molecule has 0 saturated carbocycles. The van der Waals surface area contributed by atoms with Crippen LogP contribution in [0.25, 0.3) is 0 Å². The van der Waals surface area contributed by atoms with Gasteiger partial charge >= 0.3 is 0 Å². The predicted octanol–water partition coefficient (Wildman–Crippen LogP) is 0.395. The zero-order chi connectivity index (χ0) is 17.4. The number of benzene rings is 1. The van der Waals surface area contributed by atoms with E-state index in [9.17, 15) is 19.7 Å². The monoisotopic (exact) mass is 336 g/mol. The highest BCUT2D eigenvalue weighted by Crippen LogP contribution is 2.14. The van der Waals surface area contributed by atoms with Crippen LogP contribution in [0.4, 0.5) is 11.4 Å². The number of hydrogen-bond acceptors (Lipinski definition) is 7. The van der Waals surface area contributed by atoms with Crippen LogP contribution in [0.15, 0.2) is 29.4 Å². The maximum absolute atomic E-state index is 11.7. The Labute approximate surface area is 137 Å². The van der Waals surface area contributed by atoms with Gasteiger partial charge in [-0.05, 0) is 12.1 Å². The summed E-state index contributed by atoms with van der Waals surface area (Å²) in [5.41, 5.74) is 0.299. The molecule has 0 bridgehead atoms. The van der Waals surface area contributed by atoms with E-state index < -0.39 is 10.8 Å². The van der Waals surface area contributed by atoms with Crippen molar-refractivity contribution in [2.45, 2.75) is 0 Å². The van der Waals surface area contributed by atoms with Gasteiger partial charge in [-0.15, -0.1) is 0 Å². The molecule has 1 fully saturated rings. The smallest absolute Gasteiger partial charge is 0.270 e. The number of carbonyl (C=O) groups excluding carboxylic acids is 2. The molecular weight excluding hydrogens is 320 g/mol. The van der Waals surface area contributed by atoms with Crippen molar-refractivity contribution < 1.29 is 24.1 Å². The lowest BCUT2D eigenvalue weighted by atomic mass is 10.3. The summed E-state index contributed by atoms with van der Waals surface area (Å²) in [6, 6.07) is 5.33. The Morgan fingerprint density at radius 3 is 2.62 bits per heavy atom. The van der Waals surface area contributed by atoms with E-state index in [1.165, 1.54) is 24.3 Å². The van der Waals surface area contributed by atoms with Gasteiger partial charge in [0, 0.05) is 30.9 Å². The van der Waals surface area contributed by atoms with Crippen LogP contribution in [0.3, 0.4) is 0 Å². The Morgan fingerprint density at radius 1 is 1.33 bits per heavy atom. The molecule has 1 aliphatic heterocycles. The molecule has 0 aromatic heterocycles. The number of nitro groups is 1. The van der Waals surface area contributed by atoms with Gasteiger partial charge in [-0.2, -0.15) is 0 Å². The van der Waals surface area contributed by atoms with E-state index in [1.807, 2.05) is 0 Å². The number of non-ortho nitro benzene ring substituents is 1. The molecule has 10 heteroatoms. The second kappa shape index (κ2) is 8.58. The number of anilines is 1. The standard InChI is InChI=1S/C14H16N4O6/c19-13(16-11-1-3-12(4-2-11)18(21)22)9-15-24-10-14(20)17-5-7-23-8-6-17/h1-4,9H,5-8,10H2,(H,16,19). The number of ether oxygens (including phenoxy) is 1. The lowest BCUT2D eigenvalue weighted by molar-refractivity contribution is -0.384. The van der Waals surface area contributed by atoms with Crippen molar-refractivity contribution in [1.82, 2.24) is 4.90 Å². The fourth-order valence-electron chi connectivity index (χ4n) is 1.92. The topological polar surface area (TPSA) is 123 Å². The summed E-state index contributed by atoms with van der Waals surface area (Å²) in [4.78, 5) is 39.7. The average molecular weight is 336 g/mol. The van der Waals surface area contributed by atoms with Crippen LogP contribution in [-0.2, 0) is 19.2 Å². The first kappa shape index (κ1) is 17.3. The van der Waals surface area contributed by atoms with Crippen molar-refractivity contribution in [3.8, 4) is 0 Å². The van der Waals surface area contributed by atoms with Gasteiger partial charge in [0.25, 0.3) is 17.5 Å². The van der Waals surface area contributed by atoms with Gasteiger partial charge in [-0.25, -0.2) is 0 Å². The Hall–Kier alpha value is -3.01. The summed E-state index contributed by atoms with van der Waals surface area (Å²) in [5.74, 6) is -0.811. The maximum atomic E-state index is 11.7. The minimum absolute atomic E-state index is 0.0772. The van der Waals surface area contributed by atoms with E-state index in [4.69, 9.17) is 9.57 Å². The van der Waals surface area contributed by atoms with Crippen molar-refractivity contribution in [1.29, 1.82) is 0 Å². The third-order valence-corrected chi connectivity index (χ3v) is 3.14. The quantitative estimate of drug-likeness (QED) is 0.455. The van der Waals surface area contributed by atoms with Gasteiger partial charge in [-0.3, -0.25) is 19.7 Å². The minimum atomic E-state index is -0.581. The number of nitrogens with one attached hydrogen (secondary N) is 1. The third-order valence-electron chi connectivity index (χ3n) is 3.14. The molecule has 1 heterocycles. The first-order chi connectivity index (χ1) is 11.6. The fourth-order valence-corrected chi connectivity index (χ4v) is 1.92. The summed E-state index contributed by atoms with van der Waals surface area (Å²) >= 11 is 0. The van der Waals surface area contributed by atoms with Crippen molar-refractivity contribution in [2.75, 3.05) is 38.2 Å². The number of rotatable bonds is 6. The second-order valence-corrected chi connectivity index (χ2v) is 4.79. The number of nitro benzene ring substituents is 1. The van der Waals surface area contributed by atoms with Crippen LogP contribution in [0.1, 0.15) is 0 Å². The molecule has 1 saturated heterocycles. The lowest BCUT2D eigenvalue weighted by Gasteiger charge is -2.26. The molecule has 0 aliphatic carbocycles. The van der Waals surface area contributed by atoms with E-state index in [-0.39, 0.29) is 18.2 Å². The van der Waals surface area contributed by atoms with Gasteiger partial charge in [-0.1, -0.05) is 5.16 Å². The van der Waals surface area contributed by atoms with Gasteiger partial charge < -0.3 is 19.8 Å². The van der Waals surface area contributed by atoms with Crippen LogP contribution in [0, 0.1) is 10.1 Å². The van der Waals surface area contributed by atoms with Gasteiger partial charge in [0.15, 0.2) is 6.61 Å². The van der Waals surface area contributed by atoms with Gasteiger partial charge in [0.2, 0.25) is 0 Å². The average Bonchev–Trinajstić information content (AvgIpc) is 2.59. The lowest BCUT2D eigenvalue weighted by Crippen LogP contribution is -2.42. The number of nitrogens with zero attached hydrogens (tertiary/aromatic N) is 3. The van der Waals surface area contributed by atoms with Crippen LogP contribution in [0.2, 0.25) is 0 Å². The summed E-state index contributed by atoms with van der Waals surface area (Å²) in [5, 5.41) is 16.4. The molecule has 128 valence electrons. The normalized spacial score (nSPS) is 14.4. The molecule has 2 amide bonds. The highest BCUT2D eigenvalue weighted by Gasteiger charge is 2.16. The maximum Gasteiger partial charge on any atom is 0.270 e. The van der Waals surface area contributed by atoms with E-state index >= 15 is 0 Å². The van der Waals surface area contributed by atoms with Crippen molar-refractivity contribution in [3.63, 3.8) is 0 Å². The molecule has 0 spiro atoms. The third kappa shape index (κ3) is 5.32. The Balaban J connectivity index is 1.72. The van der Waals surface area contributed by atoms with E-state index in [2.05, 4.69) is 10.5 Å². The number of oxime groups is 1. The molecule has 1 aromatic carbocycles. The SMILES string of the molecule is O=C(C=NOCC(=O)N1CCOCC1)Nc1ccc([N+](=O)[O-])cc1. The zero-order valence-electron chi connectivity index (χ0n) is 12.7. The Kier molecular flexibility index (Phi) is 6.20. The molecule has 0 atom stereocenters. The first-order valence-corrected chi connectivity index (χ1v) is 7.12. The summed E-state index contributed by atoms with van der Waals surface area (Å²) < 4.78 is 5.13. The van der Waals surface area contributed by atoms with Crippen LogP contribution in [0.5, 0.6) is 0 Å². The molecule has 1 N–H and O–H groups in total. The highest BCUT2D eigenvalue weighted by atomic mass is 16.6. The number of carbonyl (C=O) groups is 2. The summed E-state index contributed by atoms with van der Waals surface area (Å²) in [6.07, 6.45) is 0.883. The van der Waals surface area contributed by atoms with Gasteiger partial charge in [0.1, 0.15) is 6.21 Å². The minimum Gasteiger partial charge on any atom is -0.386 e. The molecule has 24 heavy (non-hydrogen) atoms. The largest absolute Gasteiger partial charge is 0.386 e.